The third kappa shape index (κ3) is 3.96. The number of nitrogens with zero attached hydrogens (tertiary/aromatic N) is 1. The molecular weight excluding hydrogens is 336 g/mol. The van der Waals surface area contributed by atoms with Crippen LogP contribution in [0.25, 0.3) is 0 Å². The summed E-state index contributed by atoms with van der Waals surface area (Å²) in [6.45, 7) is 0.396. The van der Waals surface area contributed by atoms with Gasteiger partial charge in [0.15, 0.2) is 0 Å². The Hall–Kier alpha value is -2.47. The Morgan fingerprint density at radius 3 is 2.68 bits per heavy atom. The van der Waals surface area contributed by atoms with Gasteiger partial charge in [-0.25, -0.2) is 0 Å². The van der Waals surface area contributed by atoms with Gasteiger partial charge in [0.1, 0.15) is 5.75 Å². The van der Waals surface area contributed by atoms with Gasteiger partial charge in [0.05, 0.1) is 13.0 Å². The molecule has 130 valence electrons. The average Bonchev–Trinajstić information content (AvgIpc) is 3.04. The number of carbonyl (C=O) groups is 2. The quantitative estimate of drug-likeness (QED) is 0.834. The number of carbonyl (C=O) groups excluding carboxylic acids is 2. The first-order valence-corrected chi connectivity index (χ1v) is 9.22. The van der Waals surface area contributed by atoms with E-state index in [1.165, 1.54) is 0 Å². The van der Waals surface area contributed by atoms with E-state index in [-0.39, 0.29) is 24.2 Å². The van der Waals surface area contributed by atoms with Crippen molar-refractivity contribution in [3.8, 4) is 5.75 Å². The summed E-state index contributed by atoms with van der Waals surface area (Å²) < 4.78 is 5.16. The maximum absolute atomic E-state index is 12.5. The van der Waals surface area contributed by atoms with Gasteiger partial charge in [-0.15, -0.1) is 11.8 Å². The van der Waals surface area contributed by atoms with Crippen LogP contribution in [0.5, 0.6) is 5.75 Å². The third-order valence-electron chi connectivity index (χ3n) is 4.22. The van der Waals surface area contributed by atoms with Crippen molar-refractivity contribution in [1.29, 1.82) is 0 Å². The van der Waals surface area contributed by atoms with Crippen molar-refractivity contribution in [1.82, 2.24) is 0 Å². The fourth-order valence-electron chi connectivity index (χ4n) is 2.84. The van der Waals surface area contributed by atoms with Crippen LogP contribution in [0.15, 0.2) is 53.4 Å². The molecule has 2 aromatic carbocycles. The highest BCUT2D eigenvalue weighted by atomic mass is 32.2. The lowest BCUT2D eigenvalue weighted by molar-refractivity contribution is -0.122. The monoisotopic (exact) mass is 356 g/mol. The zero-order valence-corrected chi connectivity index (χ0v) is 15.0. The second-order valence-electron chi connectivity index (χ2n) is 5.82. The molecule has 1 atom stereocenters. The number of rotatable bonds is 5. The normalized spacial score (nSPS) is 16.8. The van der Waals surface area contributed by atoms with Crippen LogP contribution < -0.4 is 15.0 Å². The molecule has 6 heteroatoms. The van der Waals surface area contributed by atoms with E-state index in [9.17, 15) is 9.59 Å². The molecular formula is C19H20N2O3S. The molecule has 3 rings (SSSR count). The minimum Gasteiger partial charge on any atom is -0.497 e. The van der Waals surface area contributed by atoms with Crippen LogP contribution in [0.2, 0.25) is 0 Å². The molecule has 2 aromatic rings. The fraction of sp³-hybridized carbons (Fsp3) is 0.263. The van der Waals surface area contributed by atoms with Crippen LogP contribution in [-0.2, 0) is 9.59 Å². The number of anilines is 2. The molecule has 1 aliphatic rings. The van der Waals surface area contributed by atoms with E-state index < -0.39 is 0 Å². The summed E-state index contributed by atoms with van der Waals surface area (Å²) in [5.74, 6) is 0.141. The molecule has 0 bridgehead atoms. The van der Waals surface area contributed by atoms with Crippen molar-refractivity contribution in [2.24, 2.45) is 5.92 Å². The van der Waals surface area contributed by atoms with Crippen molar-refractivity contribution in [2.75, 3.05) is 30.1 Å². The van der Waals surface area contributed by atoms with Gasteiger partial charge in [-0.2, -0.15) is 0 Å². The Kier molecular flexibility index (Phi) is 5.28. The Bertz CT molecular complexity index is 776. The molecule has 1 fully saturated rings. The SMILES string of the molecule is COc1cccc(NC(=O)C2CC(=O)N(c3ccc(SC)cc3)C2)c1. The minimum atomic E-state index is -0.362. The van der Waals surface area contributed by atoms with Crippen molar-refractivity contribution in [3.63, 3.8) is 0 Å². The second kappa shape index (κ2) is 7.61. The third-order valence-corrected chi connectivity index (χ3v) is 4.96. The van der Waals surface area contributed by atoms with Crippen LogP contribution in [0.1, 0.15) is 6.42 Å². The average molecular weight is 356 g/mol. The van der Waals surface area contributed by atoms with Gasteiger partial charge in [0.25, 0.3) is 0 Å². The molecule has 0 spiro atoms. The molecule has 1 unspecified atom stereocenters. The Morgan fingerprint density at radius 1 is 1.24 bits per heavy atom. The second-order valence-corrected chi connectivity index (χ2v) is 6.70. The molecule has 1 aliphatic heterocycles. The van der Waals surface area contributed by atoms with E-state index in [4.69, 9.17) is 4.74 Å². The first kappa shape index (κ1) is 17.4. The summed E-state index contributed by atoms with van der Waals surface area (Å²) in [5.41, 5.74) is 1.50. The predicted octanol–water partition coefficient (Wildman–Crippen LogP) is 3.41. The van der Waals surface area contributed by atoms with E-state index in [0.717, 1.165) is 10.6 Å². The zero-order valence-electron chi connectivity index (χ0n) is 14.2. The summed E-state index contributed by atoms with van der Waals surface area (Å²) >= 11 is 1.65. The van der Waals surface area contributed by atoms with Crippen LogP contribution in [0.4, 0.5) is 11.4 Å². The molecule has 0 saturated carbocycles. The molecule has 1 heterocycles. The van der Waals surface area contributed by atoms with Crippen molar-refractivity contribution in [3.05, 3.63) is 48.5 Å². The van der Waals surface area contributed by atoms with Crippen LogP contribution in [-0.4, -0.2) is 31.7 Å². The van der Waals surface area contributed by atoms with Crippen molar-refractivity contribution >= 4 is 35.0 Å². The lowest BCUT2D eigenvalue weighted by Crippen LogP contribution is -2.28. The molecule has 25 heavy (non-hydrogen) atoms. The largest absolute Gasteiger partial charge is 0.497 e. The first-order valence-electron chi connectivity index (χ1n) is 8.00. The van der Waals surface area contributed by atoms with Gasteiger partial charge >= 0.3 is 0 Å². The van der Waals surface area contributed by atoms with Gasteiger partial charge in [0.2, 0.25) is 11.8 Å². The van der Waals surface area contributed by atoms with E-state index in [0.29, 0.717) is 18.0 Å². The predicted molar refractivity (Wildman–Crippen MR) is 100 cm³/mol. The van der Waals surface area contributed by atoms with Gasteiger partial charge in [-0.3, -0.25) is 9.59 Å². The lowest BCUT2D eigenvalue weighted by Gasteiger charge is -2.17. The smallest absolute Gasteiger partial charge is 0.229 e. The van der Waals surface area contributed by atoms with E-state index in [1.807, 2.05) is 42.7 Å². The summed E-state index contributed by atoms with van der Waals surface area (Å²) in [7, 11) is 1.58. The van der Waals surface area contributed by atoms with Crippen LogP contribution in [0.3, 0.4) is 0 Å². The highest BCUT2D eigenvalue weighted by Crippen LogP contribution is 2.28. The Labute approximate surface area is 151 Å². The highest BCUT2D eigenvalue weighted by Gasteiger charge is 2.35. The molecule has 0 aliphatic carbocycles. The van der Waals surface area contributed by atoms with Gasteiger partial charge in [-0.1, -0.05) is 6.07 Å². The fourth-order valence-corrected chi connectivity index (χ4v) is 3.25. The standard InChI is InChI=1S/C19H20N2O3S/c1-24-16-5-3-4-14(11-16)20-19(23)13-10-18(22)21(12-13)15-6-8-17(25-2)9-7-15/h3-9,11,13H,10,12H2,1-2H3,(H,20,23). The van der Waals surface area contributed by atoms with E-state index in [2.05, 4.69) is 5.32 Å². The topological polar surface area (TPSA) is 58.6 Å². The molecule has 0 radical (unpaired) electrons. The van der Waals surface area contributed by atoms with Crippen LogP contribution in [0, 0.1) is 5.92 Å². The van der Waals surface area contributed by atoms with E-state index in [1.54, 1.807) is 35.9 Å². The lowest BCUT2D eigenvalue weighted by atomic mass is 10.1. The Balaban J connectivity index is 1.67. The molecule has 0 aromatic heterocycles. The summed E-state index contributed by atoms with van der Waals surface area (Å²) in [4.78, 5) is 27.6. The number of hydrogen-bond acceptors (Lipinski definition) is 4. The Morgan fingerprint density at radius 2 is 2.00 bits per heavy atom. The maximum atomic E-state index is 12.5. The number of benzene rings is 2. The van der Waals surface area contributed by atoms with Gasteiger partial charge in [0, 0.05) is 35.3 Å². The number of methoxy groups -OCH3 is 1. The van der Waals surface area contributed by atoms with Crippen molar-refractivity contribution in [2.45, 2.75) is 11.3 Å². The summed E-state index contributed by atoms with van der Waals surface area (Å²) in [5, 5.41) is 2.87. The molecule has 1 N–H and O–H groups in total. The van der Waals surface area contributed by atoms with Crippen LogP contribution >= 0.6 is 11.8 Å². The van der Waals surface area contributed by atoms with Crippen molar-refractivity contribution < 1.29 is 14.3 Å². The number of hydrogen-bond donors (Lipinski definition) is 1. The number of ether oxygens (including phenoxy) is 1. The minimum absolute atomic E-state index is 0.0253. The maximum Gasteiger partial charge on any atom is 0.229 e. The molecule has 2 amide bonds. The molecule has 1 saturated heterocycles. The molecule has 5 nitrogen and oxygen atoms in total. The van der Waals surface area contributed by atoms with Gasteiger partial charge in [-0.05, 0) is 42.7 Å². The number of thioether (sulfide) groups is 1. The first-order chi connectivity index (χ1) is 12.1. The summed E-state index contributed by atoms with van der Waals surface area (Å²) in [6.07, 6.45) is 2.23. The van der Waals surface area contributed by atoms with Gasteiger partial charge < -0.3 is 15.0 Å². The number of amides is 2. The highest BCUT2D eigenvalue weighted by molar-refractivity contribution is 7.98. The zero-order chi connectivity index (χ0) is 17.8. The van der Waals surface area contributed by atoms with E-state index >= 15 is 0 Å². The number of nitrogens with one attached hydrogen (secondary N) is 1. The summed E-state index contributed by atoms with van der Waals surface area (Å²) in [6, 6.07) is 15.0.